The van der Waals surface area contributed by atoms with E-state index < -0.39 is 5.91 Å². The molecule has 8 heteroatoms. The summed E-state index contributed by atoms with van der Waals surface area (Å²) in [4.78, 5) is 16.4. The van der Waals surface area contributed by atoms with Gasteiger partial charge in [0.05, 0.1) is 12.9 Å². The molecule has 0 aliphatic rings. The lowest BCUT2D eigenvalue weighted by molar-refractivity contribution is 0.0916. The summed E-state index contributed by atoms with van der Waals surface area (Å²) in [5.41, 5.74) is 0.776. The van der Waals surface area contributed by atoms with Crippen LogP contribution in [0.3, 0.4) is 0 Å². The molecule has 3 rings (SSSR count). The number of nitrogens with one attached hydrogen (secondary N) is 1. The normalized spacial score (nSPS) is 10.6. The molecule has 0 saturated carbocycles. The number of rotatable bonds is 8. The van der Waals surface area contributed by atoms with Gasteiger partial charge in [0, 0.05) is 18.3 Å². The van der Waals surface area contributed by atoms with E-state index in [-0.39, 0.29) is 18.3 Å². The average Bonchev–Trinajstić information content (AvgIpc) is 3.32. The maximum Gasteiger partial charge on any atom is 0.309 e. The van der Waals surface area contributed by atoms with Crippen LogP contribution < -0.4 is 10.1 Å². The van der Waals surface area contributed by atoms with Gasteiger partial charge in [0.1, 0.15) is 0 Å². The van der Waals surface area contributed by atoms with E-state index in [1.807, 2.05) is 6.07 Å². The first-order valence-electron chi connectivity index (χ1n) is 8.00. The van der Waals surface area contributed by atoms with Gasteiger partial charge in [-0.3, -0.25) is 4.79 Å². The van der Waals surface area contributed by atoms with Crippen LogP contribution in [0.2, 0.25) is 0 Å². The summed E-state index contributed by atoms with van der Waals surface area (Å²) in [5, 5.41) is 10.2. The first-order chi connectivity index (χ1) is 12.3. The molecule has 3 heterocycles. The van der Waals surface area contributed by atoms with E-state index >= 15 is 0 Å². The second kappa shape index (κ2) is 8.09. The second-order valence-electron chi connectivity index (χ2n) is 5.24. The number of pyridine rings is 1. The molecular formula is C17H18N4O4. The minimum atomic E-state index is -0.478. The van der Waals surface area contributed by atoms with Crippen molar-refractivity contribution in [1.29, 1.82) is 0 Å². The zero-order chi connectivity index (χ0) is 17.5. The van der Waals surface area contributed by atoms with Crippen LogP contribution in [0, 0.1) is 0 Å². The van der Waals surface area contributed by atoms with Gasteiger partial charge < -0.3 is 18.9 Å². The van der Waals surface area contributed by atoms with Crippen molar-refractivity contribution in [2.24, 2.45) is 0 Å². The SMILES string of the molecule is CCCCOc1ncccc1CNC(=O)c1nnc(-c2ccco2)o1. The number of hydrogen-bond acceptors (Lipinski definition) is 7. The number of carbonyl (C=O) groups excluding carboxylic acids is 1. The van der Waals surface area contributed by atoms with Crippen LogP contribution in [0.5, 0.6) is 5.88 Å². The summed E-state index contributed by atoms with van der Waals surface area (Å²) in [6.45, 7) is 2.92. The Labute approximate surface area is 144 Å². The number of amides is 1. The van der Waals surface area contributed by atoms with Crippen molar-refractivity contribution >= 4 is 5.91 Å². The summed E-state index contributed by atoms with van der Waals surface area (Å²) >= 11 is 0. The van der Waals surface area contributed by atoms with E-state index in [9.17, 15) is 4.79 Å². The van der Waals surface area contributed by atoms with Gasteiger partial charge in [-0.2, -0.15) is 0 Å². The highest BCUT2D eigenvalue weighted by atomic mass is 16.5. The van der Waals surface area contributed by atoms with Gasteiger partial charge in [-0.1, -0.05) is 19.4 Å². The number of furan rings is 1. The van der Waals surface area contributed by atoms with E-state index in [1.54, 1.807) is 24.4 Å². The van der Waals surface area contributed by atoms with Crippen molar-refractivity contribution in [2.45, 2.75) is 26.3 Å². The van der Waals surface area contributed by atoms with Crippen molar-refractivity contribution in [3.05, 3.63) is 48.2 Å². The van der Waals surface area contributed by atoms with Gasteiger partial charge in [0.15, 0.2) is 5.76 Å². The van der Waals surface area contributed by atoms with Gasteiger partial charge in [-0.05, 0) is 24.6 Å². The Kier molecular flexibility index (Phi) is 5.40. The first-order valence-corrected chi connectivity index (χ1v) is 8.00. The zero-order valence-electron chi connectivity index (χ0n) is 13.8. The maximum atomic E-state index is 12.2. The third-order valence-corrected chi connectivity index (χ3v) is 3.38. The molecule has 0 radical (unpaired) electrons. The van der Waals surface area contributed by atoms with Crippen molar-refractivity contribution in [3.8, 4) is 17.5 Å². The van der Waals surface area contributed by atoms with Crippen molar-refractivity contribution in [3.63, 3.8) is 0 Å². The van der Waals surface area contributed by atoms with E-state index in [2.05, 4.69) is 27.4 Å². The summed E-state index contributed by atoms with van der Waals surface area (Å²) in [6, 6.07) is 7.00. The lowest BCUT2D eigenvalue weighted by Crippen LogP contribution is -2.23. The number of nitrogens with zero attached hydrogens (tertiary/aromatic N) is 3. The minimum absolute atomic E-state index is 0.135. The monoisotopic (exact) mass is 342 g/mol. The summed E-state index contributed by atoms with van der Waals surface area (Å²) < 4.78 is 16.1. The van der Waals surface area contributed by atoms with Crippen LogP contribution in [0.4, 0.5) is 0 Å². The molecule has 0 unspecified atom stereocenters. The number of aromatic nitrogens is 3. The molecule has 0 aliphatic heterocycles. The van der Waals surface area contributed by atoms with Crippen LogP contribution in [0.25, 0.3) is 11.7 Å². The molecule has 0 spiro atoms. The number of hydrogen-bond donors (Lipinski definition) is 1. The molecule has 0 saturated heterocycles. The molecule has 1 N–H and O–H groups in total. The molecule has 0 aromatic carbocycles. The predicted octanol–water partition coefficient (Wildman–Crippen LogP) is 2.83. The maximum absolute atomic E-state index is 12.2. The molecule has 0 atom stereocenters. The largest absolute Gasteiger partial charge is 0.477 e. The Bertz CT molecular complexity index is 814. The van der Waals surface area contributed by atoms with E-state index in [4.69, 9.17) is 13.6 Å². The quantitative estimate of drug-likeness (QED) is 0.628. The fourth-order valence-corrected chi connectivity index (χ4v) is 2.07. The topological polar surface area (TPSA) is 103 Å². The van der Waals surface area contributed by atoms with Crippen LogP contribution in [0.15, 0.2) is 45.6 Å². The molecular weight excluding hydrogens is 324 g/mol. The predicted molar refractivity (Wildman–Crippen MR) is 87.8 cm³/mol. The van der Waals surface area contributed by atoms with Crippen LogP contribution >= 0.6 is 0 Å². The van der Waals surface area contributed by atoms with Crippen LogP contribution in [0.1, 0.15) is 36.0 Å². The van der Waals surface area contributed by atoms with Gasteiger partial charge in [0.25, 0.3) is 5.89 Å². The summed E-state index contributed by atoms with van der Waals surface area (Å²) in [7, 11) is 0. The van der Waals surface area contributed by atoms with Crippen molar-refractivity contribution in [1.82, 2.24) is 20.5 Å². The second-order valence-corrected chi connectivity index (χ2v) is 5.24. The third kappa shape index (κ3) is 4.23. The smallest absolute Gasteiger partial charge is 0.309 e. The highest BCUT2D eigenvalue weighted by Gasteiger charge is 2.17. The van der Waals surface area contributed by atoms with Crippen LogP contribution in [-0.4, -0.2) is 27.7 Å². The molecule has 25 heavy (non-hydrogen) atoms. The Hall–Kier alpha value is -3.16. The molecule has 130 valence electrons. The Morgan fingerprint density at radius 3 is 3.00 bits per heavy atom. The first kappa shape index (κ1) is 16.7. The Morgan fingerprint density at radius 2 is 2.20 bits per heavy atom. The Balaban J connectivity index is 1.61. The van der Waals surface area contributed by atoms with Gasteiger partial charge in [0.2, 0.25) is 5.88 Å². The summed E-state index contributed by atoms with van der Waals surface area (Å²) in [5.74, 6) is 0.459. The fourth-order valence-electron chi connectivity index (χ4n) is 2.07. The molecule has 0 bridgehead atoms. The molecule has 0 aliphatic carbocycles. The fraction of sp³-hybridized carbons (Fsp3) is 0.294. The highest BCUT2D eigenvalue weighted by molar-refractivity contribution is 5.89. The molecule has 8 nitrogen and oxygen atoms in total. The minimum Gasteiger partial charge on any atom is -0.477 e. The van der Waals surface area contributed by atoms with Gasteiger partial charge in [-0.25, -0.2) is 4.98 Å². The molecule has 3 aromatic heterocycles. The molecule has 0 fully saturated rings. The van der Waals surface area contributed by atoms with E-state index in [1.165, 1.54) is 6.26 Å². The molecule has 3 aromatic rings. The van der Waals surface area contributed by atoms with Crippen molar-refractivity contribution < 1.29 is 18.4 Å². The average molecular weight is 342 g/mol. The Morgan fingerprint density at radius 1 is 1.28 bits per heavy atom. The van der Waals surface area contributed by atoms with Crippen LogP contribution in [-0.2, 0) is 6.54 Å². The highest BCUT2D eigenvalue weighted by Crippen LogP contribution is 2.18. The lowest BCUT2D eigenvalue weighted by atomic mass is 10.2. The van der Waals surface area contributed by atoms with E-state index in [0.29, 0.717) is 18.2 Å². The van der Waals surface area contributed by atoms with E-state index in [0.717, 1.165) is 18.4 Å². The van der Waals surface area contributed by atoms with Crippen molar-refractivity contribution in [2.75, 3.05) is 6.61 Å². The van der Waals surface area contributed by atoms with Gasteiger partial charge >= 0.3 is 11.8 Å². The third-order valence-electron chi connectivity index (χ3n) is 3.38. The number of unbranched alkanes of at least 4 members (excludes halogenated alkanes) is 1. The standard InChI is InChI=1S/C17H18N4O4/c1-2-3-9-24-15-12(6-4-8-18-15)11-19-14(22)17-21-20-16(25-17)13-7-5-10-23-13/h4-8,10H,2-3,9,11H2,1H3,(H,19,22). The summed E-state index contributed by atoms with van der Waals surface area (Å²) in [6.07, 6.45) is 5.12. The number of carbonyl (C=O) groups is 1. The number of ether oxygens (including phenoxy) is 1. The van der Waals surface area contributed by atoms with Gasteiger partial charge in [-0.15, -0.1) is 10.2 Å². The lowest BCUT2D eigenvalue weighted by Gasteiger charge is -2.09. The zero-order valence-corrected chi connectivity index (χ0v) is 13.8. The molecule has 1 amide bonds.